The van der Waals surface area contributed by atoms with Crippen LogP contribution in [0.3, 0.4) is 0 Å². The summed E-state index contributed by atoms with van der Waals surface area (Å²) in [5.41, 5.74) is -0.280. The summed E-state index contributed by atoms with van der Waals surface area (Å²) in [6, 6.07) is 6.69. The SMILES string of the molecule is CC(=O)O[C@H](CCOc1ccc2c(C)cc(=O)oc2c1)C(C)(C)O. The molecule has 0 spiro atoms. The number of benzene rings is 1. The average molecular weight is 334 g/mol. The fourth-order valence-electron chi connectivity index (χ4n) is 2.44. The van der Waals surface area contributed by atoms with Gasteiger partial charge in [0.1, 0.15) is 17.4 Å². The molecule has 0 aliphatic heterocycles. The Kier molecular flexibility index (Phi) is 5.29. The number of ether oxygens (including phenoxy) is 2. The molecular weight excluding hydrogens is 312 g/mol. The summed E-state index contributed by atoms with van der Waals surface area (Å²) < 4.78 is 15.9. The van der Waals surface area contributed by atoms with E-state index in [-0.39, 0.29) is 6.61 Å². The lowest BCUT2D eigenvalue weighted by Crippen LogP contribution is -2.40. The number of fused-ring (bicyclic) bond motifs is 1. The molecule has 0 aliphatic rings. The first-order valence-corrected chi connectivity index (χ1v) is 7.74. The molecule has 0 bridgehead atoms. The Bertz CT molecular complexity index is 784. The lowest BCUT2D eigenvalue weighted by Gasteiger charge is -2.28. The third kappa shape index (κ3) is 4.58. The van der Waals surface area contributed by atoms with E-state index in [2.05, 4.69) is 0 Å². The zero-order valence-corrected chi connectivity index (χ0v) is 14.3. The smallest absolute Gasteiger partial charge is 0.336 e. The summed E-state index contributed by atoms with van der Waals surface area (Å²) in [5, 5.41) is 10.9. The number of carbonyl (C=O) groups excluding carboxylic acids is 1. The summed E-state index contributed by atoms with van der Waals surface area (Å²) in [4.78, 5) is 22.6. The highest BCUT2D eigenvalue weighted by molar-refractivity contribution is 5.81. The number of hydrogen-bond donors (Lipinski definition) is 1. The fourth-order valence-corrected chi connectivity index (χ4v) is 2.44. The van der Waals surface area contributed by atoms with E-state index >= 15 is 0 Å². The van der Waals surface area contributed by atoms with Crippen molar-refractivity contribution in [2.45, 2.75) is 45.8 Å². The predicted molar refractivity (Wildman–Crippen MR) is 89.2 cm³/mol. The Morgan fingerprint density at radius 3 is 2.67 bits per heavy atom. The number of rotatable bonds is 6. The van der Waals surface area contributed by atoms with Crippen LogP contribution in [0.1, 0.15) is 32.8 Å². The topological polar surface area (TPSA) is 86.0 Å². The molecule has 0 fully saturated rings. The van der Waals surface area contributed by atoms with E-state index in [1.165, 1.54) is 13.0 Å². The number of carbonyl (C=O) groups is 1. The van der Waals surface area contributed by atoms with Gasteiger partial charge in [0.05, 0.1) is 12.2 Å². The molecule has 0 amide bonds. The molecule has 0 radical (unpaired) electrons. The molecule has 1 N–H and O–H groups in total. The van der Waals surface area contributed by atoms with Crippen molar-refractivity contribution in [3.63, 3.8) is 0 Å². The number of aryl methyl sites for hydroxylation is 1. The van der Waals surface area contributed by atoms with Crippen LogP contribution >= 0.6 is 0 Å². The largest absolute Gasteiger partial charge is 0.493 e. The second kappa shape index (κ2) is 7.05. The molecule has 0 saturated heterocycles. The number of hydrogen-bond acceptors (Lipinski definition) is 6. The maximum Gasteiger partial charge on any atom is 0.336 e. The van der Waals surface area contributed by atoms with Gasteiger partial charge in [-0.3, -0.25) is 4.79 Å². The molecule has 0 unspecified atom stereocenters. The molecule has 1 atom stereocenters. The van der Waals surface area contributed by atoms with Gasteiger partial charge in [-0.25, -0.2) is 4.79 Å². The van der Waals surface area contributed by atoms with Crippen molar-refractivity contribution in [1.29, 1.82) is 0 Å². The molecule has 2 rings (SSSR count). The molecule has 6 nitrogen and oxygen atoms in total. The van der Waals surface area contributed by atoms with Crippen LogP contribution in [-0.2, 0) is 9.53 Å². The zero-order chi connectivity index (χ0) is 17.9. The minimum absolute atomic E-state index is 0.240. The highest BCUT2D eigenvalue weighted by Gasteiger charge is 2.29. The number of esters is 1. The molecule has 1 aromatic heterocycles. The van der Waals surface area contributed by atoms with Crippen LogP contribution in [-0.4, -0.2) is 29.4 Å². The first-order valence-electron chi connectivity index (χ1n) is 7.74. The van der Waals surface area contributed by atoms with Gasteiger partial charge in [-0.2, -0.15) is 0 Å². The van der Waals surface area contributed by atoms with Crippen LogP contribution in [0.2, 0.25) is 0 Å². The van der Waals surface area contributed by atoms with Crippen molar-refractivity contribution in [3.8, 4) is 5.75 Å². The van der Waals surface area contributed by atoms with Gasteiger partial charge in [-0.15, -0.1) is 0 Å². The minimum atomic E-state index is -1.16. The van der Waals surface area contributed by atoms with E-state index in [0.29, 0.717) is 17.8 Å². The van der Waals surface area contributed by atoms with Crippen molar-refractivity contribution in [2.75, 3.05) is 6.61 Å². The average Bonchev–Trinajstić information content (AvgIpc) is 2.44. The Labute approximate surface area is 140 Å². The van der Waals surface area contributed by atoms with Crippen molar-refractivity contribution >= 4 is 16.9 Å². The van der Waals surface area contributed by atoms with Crippen LogP contribution in [0.15, 0.2) is 33.5 Å². The van der Waals surface area contributed by atoms with E-state index in [9.17, 15) is 14.7 Å². The van der Waals surface area contributed by atoms with Crippen LogP contribution < -0.4 is 10.4 Å². The second-order valence-electron chi connectivity index (χ2n) is 6.30. The Morgan fingerprint density at radius 1 is 1.33 bits per heavy atom. The quantitative estimate of drug-likeness (QED) is 0.645. The van der Waals surface area contributed by atoms with Crippen molar-refractivity contribution in [2.24, 2.45) is 0 Å². The van der Waals surface area contributed by atoms with Crippen molar-refractivity contribution in [3.05, 3.63) is 40.2 Å². The Balaban J connectivity index is 2.07. The summed E-state index contributed by atoms with van der Waals surface area (Å²) in [7, 11) is 0. The van der Waals surface area contributed by atoms with Gasteiger partial charge >= 0.3 is 11.6 Å². The predicted octanol–water partition coefficient (Wildman–Crippen LogP) is 2.57. The monoisotopic (exact) mass is 334 g/mol. The van der Waals surface area contributed by atoms with Crippen molar-refractivity contribution in [1.82, 2.24) is 0 Å². The lowest BCUT2D eigenvalue weighted by molar-refractivity contribution is -0.160. The van der Waals surface area contributed by atoms with Gasteiger partial charge in [0.2, 0.25) is 0 Å². The summed E-state index contributed by atoms with van der Waals surface area (Å²) >= 11 is 0. The van der Waals surface area contributed by atoms with Gasteiger partial charge in [-0.05, 0) is 38.5 Å². The molecule has 24 heavy (non-hydrogen) atoms. The third-order valence-electron chi connectivity index (χ3n) is 3.67. The maximum atomic E-state index is 11.4. The van der Waals surface area contributed by atoms with E-state index < -0.39 is 23.3 Å². The van der Waals surface area contributed by atoms with E-state index in [1.54, 1.807) is 26.0 Å². The van der Waals surface area contributed by atoms with Gasteiger partial charge in [0.15, 0.2) is 0 Å². The summed E-state index contributed by atoms with van der Waals surface area (Å²) in [5.74, 6) is 0.0821. The van der Waals surface area contributed by atoms with Gasteiger partial charge < -0.3 is 19.0 Å². The Hall–Kier alpha value is -2.34. The second-order valence-corrected chi connectivity index (χ2v) is 6.30. The van der Waals surface area contributed by atoms with Crippen LogP contribution in [0, 0.1) is 6.92 Å². The van der Waals surface area contributed by atoms with Gasteiger partial charge in [0, 0.05) is 30.9 Å². The molecule has 1 heterocycles. The zero-order valence-electron chi connectivity index (χ0n) is 14.3. The molecular formula is C18H22O6. The highest BCUT2D eigenvalue weighted by Crippen LogP contribution is 2.23. The van der Waals surface area contributed by atoms with Gasteiger partial charge in [-0.1, -0.05) is 0 Å². The highest BCUT2D eigenvalue weighted by atomic mass is 16.6. The Morgan fingerprint density at radius 2 is 2.04 bits per heavy atom. The number of aliphatic hydroxyl groups is 1. The molecule has 130 valence electrons. The molecule has 6 heteroatoms. The molecule has 0 aliphatic carbocycles. The summed E-state index contributed by atoms with van der Waals surface area (Å²) in [6.45, 7) is 6.53. The van der Waals surface area contributed by atoms with Crippen LogP contribution in [0.4, 0.5) is 0 Å². The first kappa shape index (κ1) is 18.0. The van der Waals surface area contributed by atoms with E-state index in [0.717, 1.165) is 10.9 Å². The maximum absolute atomic E-state index is 11.4. The van der Waals surface area contributed by atoms with Crippen LogP contribution in [0.25, 0.3) is 11.0 Å². The van der Waals surface area contributed by atoms with Crippen LogP contribution in [0.5, 0.6) is 5.75 Å². The van der Waals surface area contributed by atoms with E-state index in [1.807, 2.05) is 13.0 Å². The standard InChI is InChI=1S/C18H22O6/c1-11-9-17(20)24-15-10-13(5-6-14(11)15)22-8-7-16(18(3,4)21)23-12(2)19/h5-6,9-10,16,21H,7-8H2,1-4H3/t16-/m1/s1. The van der Waals surface area contributed by atoms with Gasteiger partial charge in [0.25, 0.3) is 0 Å². The summed E-state index contributed by atoms with van der Waals surface area (Å²) in [6.07, 6.45) is -0.338. The minimum Gasteiger partial charge on any atom is -0.493 e. The normalized spacial score (nSPS) is 12.9. The van der Waals surface area contributed by atoms with Crippen molar-refractivity contribution < 1.29 is 23.8 Å². The molecule has 0 saturated carbocycles. The third-order valence-corrected chi connectivity index (χ3v) is 3.67. The van der Waals surface area contributed by atoms with E-state index in [4.69, 9.17) is 13.9 Å². The molecule has 2 aromatic rings. The fraction of sp³-hybridized carbons (Fsp3) is 0.444. The first-order chi connectivity index (χ1) is 11.2. The lowest BCUT2D eigenvalue weighted by atomic mass is 9.99. The molecule has 1 aromatic carbocycles.